The summed E-state index contributed by atoms with van der Waals surface area (Å²) < 4.78 is 40.4. The Balaban J connectivity index is 1.75. The first-order chi connectivity index (χ1) is 13.8. The number of fused-ring (bicyclic) bond motifs is 1. The number of aliphatic imine (C=N–C) groups is 1. The molecule has 0 saturated carbocycles. The smallest absolute Gasteiger partial charge is 0.326 e. The minimum atomic E-state index is -4.45. The summed E-state index contributed by atoms with van der Waals surface area (Å²) >= 11 is 0. The van der Waals surface area contributed by atoms with Crippen molar-refractivity contribution in [2.75, 3.05) is 10.6 Å². The third-order valence-electron chi connectivity index (χ3n) is 4.36. The van der Waals surface area contributed by atoms with Crippen LogP contribution in [0, 0.1) is 6.92 Å². The zero-order valence-electron chi connectivity index (χ0n) is 15.2. The van der Waals surface area contributed by atoms with E-state index in [0.717, 1.165) is 17.7 Å². The van der Waals surface area contributed by atoms with E-state index in [4.69, 9.17) is 0 Å². The quantitative estimate of drug-likeness (QED) is 0.683. The molecule has 148 valence electrons. The Hall–Kier alpha value is -3.62. The standard InChI is InChI=1S/C20H16F3N5O/c1-12-10-16(29)28-17(13-6-3-2-4-7-13)26-18(27-19(28)24-12)25-15-9-5-8-14(11-15)20(21,22)23/h2-11,17H,1H3,(H2,24,25,26,27)/t17-/m1/s1. The summed E-state index contributed by atoms with van der Waals surface area (Å²) in [7, 11) is 0. The molecule has 0 radical (unpaired) electrons. The van der Waals surface area contributed by atoms with Gasteiger partial charge in [-0.1, -0.05) is 36.4 Å². The van der Waals surface area contributed by atoms with Crippen LogP contribution in [0.4, 0.5) is 24.8 Å². The first kappa shape index (κ1) is 18.7. The molecule has 1 aromatic heterocycles. The fourth-order valence-electron chi connectivity index (χ4n) is 3.07. The third-order valence-corrected chi connectivity index (χ3v) is 4.36. The molecule has 3 aromatic rings. The Labute approximate surface area is 163 Å². The van der Waals surface area contributed by atoms with E-state index in [-0.39, 0.29) is 23.2 Å². The fourth-order valence-corrected chi connectivity index (χ4v) is 3.07. The van der Waals surface area contributed by atoms with Crippen LogP contribution in [0.3, 0.4) is 0 Å². The highest BCUT2D eigenvalue weighted by atomic mass is 19.4. The van der Waals surface area contributed by atoms with Crippen LogP contribution in [0.2, 0.25) is 0 Å². The number of halogens is 3. The van der Waals surface area contributed by atoms with E-state index < -0.39 is 17.9 Å². The number of hydrogen-bond donors (Lipinski definition) is 2. The first-order valence-electron chi connectivity index (χ1n) is 8.75. The molecule has 1 atom stereocenters. The topological polar surface area (TPSA) is 71.3 Å². The highest BCUT2D eigenvalue weighted by Gasteiger charge is 2.31. The second-order valence-electron chi connectivity index (χ2n) is 6.52. The van der Waals surface area contributed by atoms with Crippen LogP contribution in [0.1, 0.15) is 23.0 Å². The van der Waals surface area contributed by atoms with Gasteiger partial charge in [0.2, 0.25) is 11.9 Å². The summed E-state index contributed by atoms with van der Waals surface area (Å²) in [6.07, 6.45) is -5.16. The minimum Gasteiger partial charge on any atom is -0.326 e. The average Bonchev–Trinajstić information content (AvgIpc) is 2.67. The van der Waals surface area contributed by atoms with E-state index in [9.17, 15) is 18.0 Å². The zero-order valence-corrected chi connectivity index (χ0v) is 15.2. The molecular weight excluding hydrogens is 383 g/mol. The van der Waals surface area contributed by atoms with Gasteiger partial charge in [-0.05, 0) is 30.7 Å². The molecule has 1 aliphatic heterocycles. The van der Waals surface area contributed by atoms with Crippen LogP contribution in [0.25, 0.3) is 0 Å². The van der Waals surface area contributed by atoms with Crippen molar-refractivity contribution < 1.29 is 13.2 Å². The Morgan fingerprint density at radius 1 is 1.07 bits per heavy atom. The molecule has 0 bridgehead atoms. The van der Waals surface area contributed by atoms with Crippen LogP contribution in [0.15, 0.2) is 70.5 Å². The van der Waals surface area contributed by atoms with Crippen molar-refractivity contribution in [2.45, 2.75) is 19.3 Å². The summed E-state index contributed by atoms with van der Waals surface area (Å²) in [5.41, 5.74) is 0.411. The van der Waals surface area contributed by atoms with Crippen molar-refractivity contribution in [1.29, 1.82) is 0 Å². The molecule has 0 unspecified atom stereocenters. The summed E-state index contributed by atoms with van der Waals surface area (Å²) in [5, 5.41) is 5.75. The van der Waals surface area contributed by atoms with Gasteiger partial charge in [-0.3, -0.25) is 14.7 Å². The summed E-state index contributed by atoms with van der Waals surface area (Å²) in [6.45, 7) is 1.69. The average molecular weight is 399 g/mol. The van der Waals surface area contributed by atoms with Crippen molar-refractivity contribution in [2.24, 2.45) is 4.99 Å². The second-order valence-corrected chi connectivity index (χ2v) is 6.52. The molecule has 6 nitrogen and oxygen atoms in total. The lowest BCUT2D eigenvalue weighted by Crippen LogP contribution is -2.37. The Kier molecular flexibility index (Phi) is 4.57. The molecule has 0 fully saturated rings. The van der Waals surface area contributed by atoms with Crippen LogP contribution in [0.5, 0.6) is 0 Å². The molecule has 0 aliphatic carbocycles. The third kappa shape index (κ3) is 3.84. The molecule has 2 aromatic carbocycles. The van der Waals surface area contributed by atoms with Gasteiger partial charge in [0.25, 0.3) is 5.56 Å². The molecule has 1 aliphatic rings. The maximum Gasteiger partial charge on any atom is 0.416 e. The predicted molar refractivity (Wildman–Crippen MR) is 104 cm³/mol. The van der Waals surface area contributed by atoms with Crippen molar-refractivity contribution >= 4 is 17.6 Å². The van der Waals surface area contributed by atoms with E-state index in [1.54, 1.807) is 6.92 Å². The second kappa shape index (κ2) is 7.08. The number of guanidine groups is 1. The number of hydrogen-bond acceptors (Lipinski definition) is 5. The highest BCUT2D eigenvalue weighted by molar-refractivity contribution is 6.03. The number of alkyl halides is 3. The maximum atomic E-state index is 13.0. The van der Waals surface area contributed by atoms with Crippen molar-refractivity contribution in [3.8, 4) is 0 Å². The lowest BCUT2D eigenvalue weighted by atomic mass is 10.1. The minimum absolute atomic E-state index is 0.190. The van der Waals surface area contributed by atoms with Crippen molar-refractivity contribution in [3.05, 3.63) is 87.8 Å². The van der Waals surface area contributed by atoms with Crippen molar-refractivity contribution in [1.82, 2.24) is 9.55 Å². The Morgan fingerprint density at radius 2 is 1.83 bits per heavy atom. The number of benzene rings is 2. The van der Waals surface area contributed by atoms with Gasteiger partial charge < -0.3 is 5.32 Å². The first-order valence-corrected chi connectivity index (χ1v) is 8.75. The van der Waals surface area contributed by atoms with Gasteiger partial charge in [-0.2, -0.15) is 13.2 Å². The summed E-state index contributed by atoms with van der Waals surface area (Å²) in [6, 6.07) is 15.3. The SMILES string of the molecule is Cc1cc(=O)n2c(n1)NC(Nc1cccc(C(F)(F)F)c1)=N[C@H]2c1ccccc1. The number of nitrogens with zero attached hydrogens (tertiary/aromatic N) is 3. The number of rotatable bonds is 2. The molecule has 9 heteroatoms. The normalized spacial score (nSPS) is 15.9. The van der Waals surface area contributed by atoms with E-state index in [0.29, 0.717) is 5.69 Å². The zero-order chi connectivity index (χ0) is 20.6. The largest absolute Gasteiger partial charge is 0.416 e. The molecule has 4 rings (SSSR count). The number of nitrogens with one attached hydrogen (secondary N) is 2. The Bertz CT molecular complexity index is 1140. The Morgan fingerprint density at radius 3 is 2.55 bits per heavy atom. The van der Waals surface area contributed by atoms with Gasteiger partial charge in [0.15, 0.2) is 6.17 Å². The van der Waals surface area contributed by atoms with E-state index in [2.05, 4.69) is 20.6 Å². The lowest BCUT2D eigenvalue weighted by molar-refractivity contribution is -0.137. The van der Waals surface area contributed by atoms with Gasteiger partial charge >= 0.3 is 6.18 Å². The number of anilines is 2. The molecule has 29 heavy (non-hydrogen) atoms. The number of aryl methyl sites for hydroxylation is 1. The van der Waals surface area contributed by atoms with Crippen LogP contribution >= 0.6 is 0 Å². The lowest BCUT2D eigenvalue weighted by Gasteiger charge is -2.27. The predicted octanol–water partition coefficient (Wildman–Crippen LogP) is 4.01. The van der Waals surface area contributed by atoms with Crippen LogP contribution in [-0.4, -0.2) is 15.5 Å². The van der Waals surface area contributed by atoms with E-state index in [1.165, 1.54) is 22.8 Å². The molecular formula is C20H16F3N5O. The fraction of sp³-hybridized carbons (Fsp3) is 0.150. The van der Waals surface area contributed by atoms with Gasteiger partial charge in [0.1, 0.15) is 0 Å². The van der Waals surface area contributed by atoms with Gasteiger partial charge in [-0.25, -0.2) is 9.98 Å². The highest BCUT2D eigenvalue weighted by Crippen LogP contribution is 2.31. The molecule has 2 heterocycles. The van der Waals surface area contributed by atoms with E-state index >= 15 is 0 Å². The van der Waals surface area contributed by atoms with E-state index in [1.807, 2.05) is 30.3 Å². The maximum absolute atomic E-state index is 13.0. The summed E-state index contributed by atoms with van der Waals surface area (Å²) in [5.74, 6) is 0.448. The van der Waals surface area contributed by atoms with Crippen LogP contribution < -0.4 is 16.2 Å². The van der Waals surface area contributed by atoms with Crippen molar-refractivity contribution in [3.63, 3.8) is 0 Å². The van der Waals surface area contributed by atoms with Crippen LogP contribution in [-0.2, 0) is 6.18 Å². The molecule has 0 spiro atoms. The summed E-state index contributed by atoms with van der Waals surface area (Å²) in [4.78, 5) is 21.4. The van der Waals surface area contributed by atoms with Gasteiger partial charge in [0.05, 0.1) is 5.56 Å². The molecule has 2 N–H and O–H groups in total. The molecule has 0 amide bonds. The monoisotopic (exact) mass is 399 g/mol. The van der Waals surface area contributed by atoms with Gasteiger partial charge in [0, 0.05) is 17.4 Å². The number of aromatic nitrogens is 2. The van der Waals surface area contributed by atoms with Gasteiger partial charge in [-0.15, -0.1) is 0 Å². The molecule has 0 saturated heterocycles.